The predicted octanol–water partition coefficient (Wildman–Crippen LogP) is 2.25. The molecule has 0 bridgehead atoms. The first kappa shape index (κ1) is 21.6. The van der Waals surface area contributed by atoms with Crippen LogP contribution in [0.1, 0.15) is 44.9 Å². The van der Waals surface area contributed by atoms with Gasteiger partial charge in [0.25, 0.3) is 0 Å². The summed E-state index contributed by atoms with van der Waals surface area (Å²) in [6.07, 6.45) is 5.77. The number of fused-ring (bicyclic) bond motifs is 1. The van der Waals surface area contributed by atoms with E-state index in [2.05, 4.69) is 0 Å². The summed E-state index contributed by atoms with van der Waals surface area (Å²) >= 11 is 0. The maximum atomic E-state index is 13.1. The van der Waals surface area contributed by atoms with Crippen LogP contribution in [0.5, 0.6) is 5.75 Å². The minimum atomic E-state index is -3.57. The monoisotopic (exact) mass is 436 g/mol. The number of aliphatic hydroxyl groups is 1. The first-order valence-corrected chi connectivity index (χ1v) is 12.4. The van der Waals surface area contributed by atoms with Gasteiger partial charge in [-0.2, -0.15) is 4.31 Å². The Labute approximate surface area is 179 Å². The SMILES string of the molecule is COc1ccc(S(=O)(=O)N2CCC(C(=O)N3CC[C@@]4(O)CCCC[C@H]4C3)CC2)cc1. The lowest BCUT2D eigenvalue weighted by atomic mass is 9.71. The third-order valence-electron chi connectivity index (χ3n) is 7.24. The van der Waals surface area contributed by atoms with Crippen molar-refractivity contribution in [3.63, 3.8) is 0 Å². The summed E-state index contributed by atoms with van der Waals surface area (Å²) in [5.74, 6) is 0.787. The summed E-state index contributed by atoms with van der Waals surface area (Å²) < 4.78 is 32.4. The van der Waals surface area contributed by atoms with E-state index in [9.17, 15) is 18.3 Å². The van der Waals surface area contributed by atoms with E-state index in [-0.39, 0.29) is 22.6 Å². The fraction of sp³-hybridized carbons (Fsp3) is 0.682. The van der Waals surface area contributed by atoms with Crippen LogP contribution in [-0.2, 0) is 14.8 Å². The van der Waals surface area contributed by atoms with E-state index >= 15 is 0 Å². The molecule has 1 aromatic carbocycles. The van der Waals surface area contributed by atoms with Gasteiger partial charge in [-0.3, -0.25) is 4.79 Å². The highest BCUT2D eigenvalue weighted by atomic mass is 32.2. The zero-order valence-electron chi connectivity index (χ0n) is 17.6. The molecule has 8 heteroatoms. The predicted molar refractivity (Wildman–Crippen MR) is 113 cm³/mol. The second-order valence-electron chi connectivity index (χ2n) is 8.93. The van der Waals surface area contributed by atoms with E-state index in [1.54, 1.807) is 31.4 Å². The van der Waals surface area contributed by atoms with Crippen LogP contribution in [0.3, 0.4) is 0 Å². The molecule has 0 radical (unpaired) electrons. The van der Waals surface area contributed by atoms with Gasteiger partial charge in [-0.25, -0.2) is 8.42 Å². The highest BCUT2D eigenvalue weighted by molar-refractivity contribution is 7.89. The summed E-state index contributed by atoms with van der Waals surface area (Å²) in [7, 11) is -2.02. The average Bonchev–Trinajstić information content (AvgIpc) is 2.78. The molecule has 3 aliphatic rings. The van der Waals surface area contributed by atoms with Crippen molar-refractivity contribution in [2.45, 2.75) is 55.4 Å². The van der Waals surface area contributed by atoms with Crippen LogP contribution < -0.4 is 4.74 Å². The molecule has 2 atom stereocenters. The molecule has 0 spiro atoms. The molecule has 0 unspecified atom stereocenters. The van der Waals surface area contributed by atoms with E-state index in [1.807, 2.05) is 4.90 Å². The zero-order valence-corrected chi connectivity index (χ0v) is 18.4. The number of methoxy groups -OCH3 is 1. The largest absolute Gasteiger partial charge is 0.497 e. The van der Waals surface area contributed by atoms with Crippen LogP contribution in [0.15, 0.2) is 29.2 Å². The first-order valence-electron chi connectivity index (χ1n) is 11.0. The molecule has 30 heavy (non-hydrogen) atoms. The second-order valence-corrected chi connectivity index (χ2v) is 10.9. The molecular formula is C22H32N2O5S. The van der Waals surface area contributed by atoms with Gasteiger partial charge >= 0.3 is 0 Å². The highest BCUT2D eigenvalue weighted by Gasteiger charge is 2.45. The molecule has 3 fully saturated rings. The zero-order chi connectivity index (χ0) is 21.4. The number of nitrogens with zero attached hydrogens (tertiary/aromatic N) is 2. The molecular weight excluding hydrogens is 404 g/mol. The molecule has 0 aromatic heterocycles. The van der Waals surface area contributed by atoms with Crippen molar-refractivity contribution in [3.05, 3.63) is 24.3 Å². The van der Waals surface area contributed by atoms with Gasteiger partial charge in [0.1, 0.15) is 5.75 Å². The van der Waals surface area contributed by atoms with Gasteiger partial charge in [0.15, 0.2) is 0 Å². The molecule has 1 aliphatic carbocycles. The molecule has 2 heterocycles. The third-order valence-corrected chi connectivity index (χ3v) is 9.15. The van der Waals surface area contributed by atoms with Gasteiger partial charge in [0.05, 0.1) is 17.6 Å². The normalized spacial score (nSPS) is 28.7. The minimum absolute atomic E-state index is 0.129. The molecule has 1 N–H and O–H groups in total. The number of carbonyl (C=O) groups is 1. The molecule has 1 saturated carbocycles. The Bertz CT molecular complexity index is 864. The van der Waals surface area contributed by atoms with Gasteiger partial charge in [0, 0.05) is 38.0 Å². The number of piperidine rings is 2. The summed E-state index contributed by atoms with van der Waals surface area (Å²) in [6.45, 7) is 1.95. The second kappa shape index (κ2) is 8.48. The Balaban J connectivity index is 1.35. The van der Waals surface area contributed by atoms with Crippen molar-refractivity contribution in [1.29, 1.82) is 0 Å². The summed E-state index contributed by atoms with van der Waals surface area (Å²) in [5.41, 5.74) is -0.592. The molecule has 4 rings (SSSR count). The van der Waals surface area contributed by atoms with Crippen molar-refractivity contribution < 1.29 is 23.1 Å². The van der Waals surface area contributed by atoms with Crippen molar-refractivity contribution in [1.82, 2.24) is 9.21 Å². The van der Waals surface area contributed by atoms with Gasteiger partial charge in [0.2, 0.25) is 15.9 Å². The number of rotatable bonds is 4. The number of sulfonamides is 1. The number of amides is 1. The topological polar surface area (TPSA) is 87.2 Å². The van der Waals surface area contributed by atoms with E-state index in [1.165, 1.54) is 4.31 Å². The Kier molecular flexibility index (Phi) is 6.10. The minimum Gasteiger partial charge on any atom is -0.497 e. The Morgan fingerprint density at radius 2 is 1.77 bits per heavy atom. The third kappa shape index (κ3) is 4.09. The number of likely N-dealkylation sites (tertiary alicyclic amines) is 1. The lowest BCUT2D eigenvalue weighted by Crippen LogP contribution is -2.56. The lowest BCUT2D eigenvalue weighted by Gasteiger charge is -2.48. The van der Waals surface area contributed by atoms with Gasteiger partial charge in [-0.15, -0.1) is 0 Å². The van der Waals surface area contributed by atoms with Crippen molar-refractivity contribution in [2.24, 2.45) is 11.8 Å². The maximum Gasteiger partial charge on any atom is 0.243 e. The highest BCUT2D eigenvalue weighted by Crippen LogP contribution is 2.40. The van der Waals surface area contributed by atoms with E-state index in [4.69, 9.17) is 4.74 Å². The Morgan fingerprint density at radius 1 is 1.07 bits per heavy atom. The van der Waals surface area contributed by atoms with Crippen molar-refractivity contribution in [3.8, 4) is 5.75 Å². The number of hydrogen-bond acceptors (Lipinski definition) is 5. The molecule has 2 aliphatic heterocycles. The Morgan fingerprint density at radius 3 is 2.43 bits per heavy atom. The van der Waals surface area contributed by atoms with Gasteiger partial charge in [-0.1, -0.05) is 12.8 Å². The summed E-state index contributed by atoms with van der Waals surface area (Å²) in [5, 5.41) is 10.8. The van der Waals surface area contributed by atoms with Crippen LogP contribution in [0.4, 0.5) is 0 Å². The lowest BCUT2D eigenvalue weighted by molar-refractivity contribution is -0.148. The molecule has 1 aromatic rings. The van der Waals surface area contributed by atoms with E-state index in [0.717, 1.165) is 25.7 Å². The summed E-state index contributed by atoms with van der Waals surface area (Å²) in [4.78, 5) is 15.3. The summed E-state index contributed by atoms with van der Waals surface area (Å²) in [6, 6.07) is 6.41. The molecule has 7 nitrogen and oxygen atoms in total. The molecule has 2 saturated heterocycles. The maximum absolute atomic E-state index is 13.1. The fourth-order valence-electron chi connectivity index (χ4n) is 5.27. The van der Waals surface area contributed by atoms with Gasteiger partial charge in [-0.05, 0) is 56.4 Å². The van der Waals surface area contributed by atoms with Crippen LogP contribution in [0, 0.1) is 11.8 Å². The standard InChI is InChI=1S/C22H32N2O5S/c1-29-19-5-7-20(8-6-19)30(27,28)24-13-9-17(10-14-24)21(25)23-15-12-22(26)11-3-2-4-18(22)16-23/h5-8,17-18,26H,2-4,9-16H2,1H3/t18-,22-/m0/s1. The quantitative estimate of drug-likeness (QED) is 0.782. The smallest absolute Gasteiger partial charge is 0.243 e. The fourth-order valence-corrected chi connectivity index (χ4v) is 6.74. The average molecular weight is 437 g/mol. The number of carbonyl (C=O) groups excluding carboxylic acids is 1. The van der Waals surface area contributed by atoms with Crippen LogP contribution in [0.2, 0.25) is 0 Å². The first-order chi connectivity index (χ1) is 14.3. The van der Waals surface area contributed by atoms with Crippen LogP contribution >= 0.6 is 0 Å². The van der Waals surface area contributed by atoms with Crippen LogP contribution in [-0.4, -0.2) is 67.5 Å². The van der Waals surface area contributed by atoms with Crippen LogP contribution in [0.25, 0.3) is 0 Å². The number of hydrogen-bond donors (Lipinski definition) is 1. The van der Waals surface area contributed by atoms with Gasteiger partial charge < -0.3 is 14.7 Å². The van der Waals surface area contributed by atoms with E-state index in [0.29, 0.717) is 51.2 Å². The van der Waals surface area contributed by atoms with Crippen molar-refractivity contribution >= 4 is 15.9 Å². The molecule has 1 amide bonds. The Hall–Kier alpha value is -1.64. The number of benzene rings is 1. The van der Waals surface area contributed by atoms with Crippen molar-refractivity contribution in [2.75, 3.05) is 33.3 Å². The molecule has 166 valence electrons. The number of ether oxygens (including phenoxy) is 1. The van der Waals surface area contributed by atoms with E-state index < -0.39 is 15.6 Å².